The summed E-state index contributed by atoms with van der Waals surface area (Å²) in [7, 11) is 1.89. The van der Waals surface area contributed by atoms with E-state index in [0.29, 0.717) is 19.8 Å². The molecule has 5 nitrogen and oxygen atoms in total. The summed E-state index contributed by atoms with van der Waals surface area (Å²) in [5.74, 6) is -0.269. The molecular formula is C23H30FN3O2. The van der Waals surface area contributed by atoms with Crippen LogP contribution in [0.25, 0.3) is 0 Å². The predicted octanol–water partition coefficient (Wildman–Crippen LogP) is 2.84. The minimum absolute atomic E-state index is 0.0173. The molecule has 2 atom stereocenters. The van der Waals surface area contributed by atoms with Gasteiger partial charge in [-0.2, -0.15) is 0 Å². The highest BCUT2D eigenvalue weighted by atomic mass is 19.1. The van der Waals surface area contributed by atoms with Crippen molar-refractivity contribution in [1.82, 2.24) is 15.1 Å². The highest BCUT2D eigenvalue weighted by Gasteiger charge is 2.28. The Hall–Kier alpha value is -2.28. The third-order valence-electron chi connectivity index (χ3n) is 5.22. The van der Waals surface area contributed by atoms with Gasteiger partial charge in [0, 0.05) is 25.7 Å². The van der Waals surface area contributed by atoms with Crippen LogP contribution in [0.1, 0.15) is 24.1 Å². The molecule has 0 bridgehead atoms. The number of benzene rings is 2. The number of amides is 1. The fourth-order valence-electron chi connectivity index (χ4n) is 3.90. The molecule has 1 aliphatic heterocycles. The summed E-state index contributed by atoms with van der Waals surface area (Å²) < 4.78 is 18.6. The Morgan fingerprint density at radius 3 is 2.45 bits per heavy atom. The number of hydrogen-bond acceptors (Lipinski definition) is 4. The van der Waals surface area contributed by atoms with E-state index < -0.39 is 0 Å². The molecule has 1 N–H and O–H groups in total. The van der Waals surface area contributed by atoms with Gasteiger partial charge in [-0.05, 0) is 37.2 Å². The van der Waals surface area contributed by atoms with Crippen LogP contribution in [0.3, 0.4) is 0 Å². The molecule has 1 fully saturated rings. The lowest BCUT2D eigenvalue weighted by atomic mass is 9.98. The molecule has 2 aromatic rings. The minimum atomic E-state index is -0.252. The Morgan fingerprint density at radius 1 is 1.14 bits per heavy atom. The van der Waals surface area contributed by atoms with Crippen LogP contribution in [0.5, 0.6) is 0 Å². The second-order valence-electron chi connectivity index (χ2n) is 7.66. The maximum Gasteiger partial charge on any atom is 0.234 e. The average Bonchev–Trinajstić information content (AvgIpc) is 2.71. The van der Waals surface area contributed by atoms with Crippen molar-refractivity contribution < 1.29 is 13.9 Å². The highest BCUT2D eigenvalue weighted by molar-refractivity contribution is 5.78. The van der Waals surface area contributed by atoms with Crippen molar-refractivity contribution in [1.29, 1.82) is 0 Å². The SMILES string of the molecule is C[C@H](NC(=O)CN(C)Cc1ccc(F)cc1)[C@@H](c1ccccc1)N1CCOCC1. The first-order valence-corrected chi connectivity index (χ1v) is 10.1. The Bertz CT molecular complexity index is 763. The topological polar surface area (TPSA) is 44.8 Å². The molecule has 0 radical (unpaired) electrons. The molecule has 0 aromatic heterocycles. The van der Waals surface area contributed by atoms with Crippen molar-refractivity contribution in [2.45, 2.75) is 25.6 Å². The van der Waals surface area contributed by atoms with Gasteiger partial charge in [-0.25, -0.2) is 4.39 Å². The molecule has 1 amide bonds. The van der Waals surface area contributed by atoms with Crippen LogP contribution in [-0.4, -0.2) is 61.6 Å². The van der Waals surface area contributed by atoms with Gasteiger partial charge in [-0.1, -0.05) is 42.5 Å². The van der Waals surface area contributed by atoms with Crippen molar-refractivity contribution in [2.75, 3.05) is 39.9 Å². The van der Waals surface area contributed by atoms with E-state index in [1.165, 1.54) is 17.7 Å². The summed E-state index contributed by atoms with van der Waals surface area (Å²) in [6, 6.07) is 16.7. The number of likely N-dealkylation sites (N-methyl/N-ethyl adjacent to an activating group) is 1. The van der Waals surface area contributed by atoms with Gasteiger partial charge in [-0.3, -0.25) is 14.6 Å². The maximum absolute atomic E-state index is 13.1. The second-order valence-corrected chi connectivity index (χ2v) is 7.66. The van der Waals surface area contributed by atoms with Crippen molar-refractivity contribution >= 4 is 5.91 Å². The maximum atomic E-state index is 13.1. The van der Waals surface area contributed by atoms with Crippen molar-refractivity contribution in [3.8, 4) is 0 Å². The van der Waals surface area contributed by atoms with E-state index in [-0.39, 0.29) is 30.4 Å². The quantitative estimate of drug-likeness (QED) is 0.742. The van der Waals surface area contributed by atoms with Crippen LogP contribution in [0.15, 0.2) is 54.6 Å². The summed E-state index contributed by atoms with van der Waals surface area (Å²) in [4.78, 5) is 17.0. The molecule has 2 aromatic carbocycles. The molecule has 3 rings (SSSR count). The van der Waals surface area contributed by atoms with Crippen molar-refractivity contribution in [3.05, 3.63) is 71.5 Å². The van der Waals surface area contributed by atoms with E-state index in [9.17, 15) is 9.18 Å². The first-order chi connectivity index (χ1) is 14.0. The number of hydrogen-bond donors (Lipinski definition) is 1. The van der Waals surface area contributed by atoms with E-state index in [1.54, 1.807) is 12.1 Å². The monoisotopic (exact) mass is 399 g/mol. The zero-order valence-electron chi connectivity index (χ0n) is 17.2. The van der Waals surface area contributed by atoms with Gasteiger partial charge in [0.25, 0.3) is 0 Å². The summed E-state index contributed by atoms with van der Waals surface area (Å²) in [6.07, 6.45) is 0. The zero-order chi connectivity index (χ0) is 20.6. The Morgan fingerprint density at radius 2 is 1.79 bits per heavy atom. The Labute approximate surface area is 172 Å². The first kappa shape index (κ1) is 21.4. The number of carbonyl (C=O) groups is 1. The van der Waals surface area contributed by atoms with Gasteiger partial charge in [0.15, 0.2) is 0 Å². The predicted molar refractivity (Wildman–Crippen MR) is 112 cm³/mol. The van der Waals surface area contributed by atoms with Crippen LogP contribution in [-0.2, 0) is 16.1 Å². The van der Waals surface area contributed by atoms with E-state index in [0.717, 1.165) is 18.7 Å². The number of nitrogens with zero attached hydrogens (tertiary/aromatic N) is 2. The third-order valence-corrected chi connectivity index (χ3v) is 5.22. The summed E-state index contributed by atoms with van der Waals surface area (Å²) in [5.41, 5.74) is 2.17. The van der Waals surface area contributed by atoms with Crippen molar-refractivity contribution in [3.63, 3.8) is 0 Å². The van der Waals surface area contributed by atoms with Crippen LogP contribution >= 0.6 is 0 Å². The van der Waals surface area contributed by atoms with Gasteiger partial charge in [0.1, 0.15) is 5.82 Å². The van der Waals surface area contributed by atoms with Gasteiger partial charge < -0.3 is 10.1 Å². The van der Waals surface area contributed by atoms with Gasteiger partial charge in [-0.15, -0.1) is 0 Å². The van der Waals surface area contributed by atoms with E-state index >= 15 is 0 Å². The molecule has 0 aliphatic carbocycles. The lowest BCUT2D eigenvalue weighted by Crippen LogP contribution is -2.49. The molecule has 0 unspecified atom stereocenters. The molecule has 29 heavy (non-hydrogen) atoms. The Kier molecular flexibility index (Phi) is 7.75. The number of morpholine rings is 1. The number of ether oxygens (including phenoxy) is 1. The number of rotatable bonds is 8. The second kappa shape index (κ2) is 10.5. The average molecular weight is 400 g/mol. The van der Waals surface area contributed by atoms with Gasteiger partial charge >= 0.3 is 0 Å². The fraction of sp³-hybridized carbons (Fsp3) is 0.435. The molecule has 156 valence electrons. The molecule has 6 heteroatoms. The number of nitrogens with one attached hydrogen (secondary N) is 1. The van der Waals surface area contributed by atoms with Crippen LogP contribution in [0, 0.1) is 5.82 Å². The third kappa shape index (κ3) is 6.35. The van der Waals surface area contributed by atoms with Crippen molar-refractivity contribution in [2.24, 2.45) is 0 Å². The largest absolute Gasteiger partial charge is 0.379 e. The highest BCUT2D eigenvalue weighted by Crippen LogP contribution is 2.25. The normalized spacial score (nSPS) is 17.1. The van der Waals surface area contributed by atoms with E-state index in [4.69, 9.17) is 4.74 Å². The fourth-order valence-corrected chi connectivity index (χ4v) is 3.90. The summed E-state index contributed by atoms with van der Waals surface area (Å²) >= 11 is 0. The first-order valence-electron chi connectivity index (χ1n) is 10.1. The number of halogens is 1. The zero-order valence-corrected chi connectivity index (χ0v) is 17.2. The van der Waals surface area contributed by atoms with Gasteiger partial charge in [0.2, 0.25) is 5.91 Å². The van der Waals surface area contributed by atoms with Crippen LogP contribution < -0.4 is 5.32 Å². The summed E-state index contributed by atoms with van der Waals surface area (Å²) in [6.45, 7) is 6.06. The molecule has 1 aliphatic rings. The minimum Gasteiger partial charge on any atom is -0.379 e. The molecule has 0 saturated carbocycles. The Balaban J connectivity index is 1.59. The number of carbonyl (C=O) groups excluding carboxylic acids is 1. The standard InChI is InChI=1S/C23H30FN3O2/c1-18(23(20-6-4-3-5-7-20)27-12-14-29-15-13-27)25-22(28)17-26(2)16-19-8-10-21(24)11-9-19/h3-11,18,23H,12-17H2,1-2H3,(H,25,28)/t18-,23-/m0/s1. The molecule has 0 spiro atoms. The molecule has 1 saturated heterocycles. The smallest absolute Gasteiger partial charge is 0.234 e. The van der Waals surface area contributed by atoms with Crippen LogP contribution in [0.2, 0.25) is 0 Å². The molecular weight excluding hydrogens is 369 g/mol. The van der Waals surface area contributed by atoms with E-state index in [1.807, 2.05) is 30.1 Å². The summed E-state index contributed by atoms with van der Waals surface area (Å²) in [5, 5.41) is 3.18. The molecule has 1 heterocycles. The van der Waals surface area contributed by atoms with Gasteiger partial charge in [0.05, 0.1) is 25.8 Å². The van der Waals surface area contributed by atoms with Crippen LogP contribution in [0.4, 0.5) is 4.39 Å². The lowest BCUT2D eigenvalue weighted by molar-refractivity contribution is -0.123. The lowest BCUT2D eigenvalue weighted by Gasteiger charge is -2.38. The van der Waals surface area contributed by atoms with E-state index in [2.05, 4.69) is 29.3 Å².